The van der Waals surface area contributed by atoms with Crippen LogP contribution < -0.4 is 5.32 Å². The zero-order valence-corrected chi connectivity index (χ0v) is 11.5. The lowest BCUT2D eigenvalue weighted by Gasteiger charge is -2.26. The van der Waals surface area contributed by atoms with Gasteiger partial charge in [0, 0.05) is 16.4 Å². The molecule has 0 aliphatic carbocycles. The molecule has 2 N–H and O–H groups in total. The number of benzene rings is 1. The molecule has 0 aliphatic heterocycles. The lowest BCUT2D eigenvalue weighted by Crippen LogP contribution is -2.40. The van der Waals surface area contributed by atoms with E-state index >= 15 is 0 Å². The minimum atomic E-state index is -1.56. The summed E-state index contributed by atoms with van der Waals surface area (Å²) in [5.41, 5.74) is -0.304. The maximum Gasteiger partial charge on any atom is 0.394 e. The molecule has 0 unspecified atom stereocenters. The third kappa shape index (κ3) is 3.53. The van der Waals surface area contributed by atoms with Crippen LogP contribution in [0.2, 0.25) is 0 Å². The van der Waals surface area contributed by atoms with E-state index in [0.717, 1.165) is 4.47 Å². The van der Waals surface area contributed by atoms with Crippen LogP contribution >= 0.6 is 15.9 Å². The Bertz CT molecular complexity index is 488. The number of halogens is 2. The fourth-order valence-corrected chi connectivity index (χ4v) is 1.85. The maximum absolute atomic E-state index is 13.7. The Morgan fingerprint density at radius 1 is 1.44 bits per heavy atom. The van der Waals surface area contributed by atoms with Gasteiger partial charge in [-0.1, -0.05) is 29.8 Å². The molecule has 0 saturated carbocycles. The van der Waals surface area contributed by atoms with Crippen LogP contribution in [0.5, 0.6) is 0 Å². The highest BCUT2D eigenvalue weighted by Gasteiger charge is 2.26. The van der Waals surface area contributed by atoms with E-state index < -0.39 is 23.1 Å². The molecule has 0 spiro atoms. The molecular formula is C12H13BrFNO3. The van der Waals surface area contributed by atoms with Crippen molar-refractivity contribution < 1.29 is 19.1 Å². The summed E-state index contributed by atoms with van der Waals surface area (Å²) >= 11 is 3.24. The third-order valence-electron chi connectivity index (χ3n) is 2.54. The van der Waals surface area contributed by atoms with Crippen LogP contribution in [0.15, 0.2) is 22.7 Å². The van der Waals surface area contributed by atoms with E-state index in [4.69, 9.17) is 5.11 Å². The van der Waals surface area contributed by atoms with Crippen molar-refractivity contribution in [2.45, 2.75) is 19.3 Å². The number of carbonyl (C=O) groups excluding carboxylic acids is 1. The predicted molar refractivity (Wildman–Crippen MR) is 67.8 cm³/mol. The van der Waals surface area contributed by atoms with E-state index in [1.807, 2.05) is 0 Å². The maximum atomic E-state index is 13.7. The average molecular weight is 318 g/mol. The van der Waals surface area contributed by atoms with Gasteiger partial charge < -0.3 is 10.4 Å². The molecular weight excluding hydrogens is 305 g/mol. The first-order valence-corrected chi connectivity index (χ1v) is 6.00. The van der Waals surface area contributed by atoms with Crippen LogP contribution in [0.3, 0.4) is 0 Å². The van der Waals surface area contributed by atoms with Gasteiger partial charge in [-0.05, 0) is 23.8 Å². The van der Waals surface area contributed by atoms with Crippen LogP contribution in [0.4, 0.5) is 4.39 Å². The number of carbonyl (C=O) groups is 2. The number of hydrogen-bond acceptors (Lipinski definition) is 2. The summed E-state index contributed by atoms with van der Waals surface area (Å²) in [4.78, 5) is 21.3. The molecule has 0 radical (unpaired) electrons. The third-order valence-corrected chi connectivity index (χ3v) is 3.04. The van der Waals surface area contributed by atoms with Crippen molar-refractivity contribution in [1.82, 2.24) is 5.32 Å². The standard InChI is InChI=1S/C12H13BrFNO3/c1-12(2,6-15-10(16)11(17)18)8-5-7(13)3-4-9(8)14/h3-5H,6H2,1-2H3,(H,15,16)(H,17,18). The van der Waals surface area contributed by atoms with E-state index in [2.05, 4.69) is 21.2 Å². The average Bonchev–Trinajstić information content (AvgIpc) is 2.29. The summed E-state index contributed by atoms with van der Waals surface area (Å²) < 4.78 is 14.4. The van der Waals surface area contributed by atoms with Gasteiger partial charge in [-0.2, -0.15) is 0 Å². The predicted octanol–water partition coefficient (Wildman–Crippen LogP) is 2.07. The largest absolute Gasteiger partial charge is 0.474 e. The number of carboxylic acids is 1. The van der Waals surface area contributed by atoms with Crippen molar-refractivity contribution >= 4 is 27.8 Å². The highest BCUT2D eigenvalue weighted by molar-refractivity contribution is 9.10. The molecule has 0 bridgehead atoms. The van der Waals surface area contributed by atoms with Crippen LogP contribution in [-0.4, -0.2) is 23.5 Å². The van der Waals surface area contributed by atoms with Gasteiger partial charge in [0.2, 0.25) is 0 Å². The molecule has 1 amide bonds. The van der Waals surface area contributed by atoms with Crippen LogP contribution in [0.25, 0.3) is 0 Å². The smallest absolute Gasteiger partial charge is 0.394 e. The first-order chi connectivity index (χ1) is 8.24. The summed E-state index contributed by atoms with van der Waals surface area (Å²) in [5, 5.41) is 10.7. The fraction of sp³-hybridized carbons (Fsp3) is 0.333. The number of hydrogen-bond donors (Lipinski definition) is 2. The minimum Gasteiger partial charge on any atom is -0.474 e. The zero-order valence-electron chi connectivity index (χ0n) is 9.96. The lowest BCUT2D eigenvalue weighted by atomic mass is 9.84. The Morgan fingerprint density at radius 3 is 2.61 bits per heavy atom. The molecule has 1 rings (SSSR count). The topological polar surface area (TPSA) is 66.4 Å². The zero-order chi connectivity index (χ0) is 13.9. The Morgan fingerprint density at radius 2 is 2.06 bits per heavy atom. The van der Waals surface area contributed by atoms with Crippen molar-refractivity contribution in [2.75, 3.05) is 6.54 Å². The van der Waals surface area contributed by atoms with Gasteiger partial charge in [0.05, 0.1) is 0 Å². The molecule has 18 heavy (non-hydrogen) atoms. The van der Waals surface area contributed by atoms with Gasteiger partial charge in [-0.25, -0.2) is 9.18 Å². The molecule has 6 heteroatoms. The molecule has 1 aromatic rings. The number of aliphatic carboxylic acids is 1. The van der Waals surface area contributed by atoms with E-state index in [1.165, 1.54) is 6.07 Å². The summed E-state index contributed by atoms with van der Waals surface area (Å²) in [6.45, 7) is 3.48. The van der Waals surface area contributed by atoms with E-state index in [9.17, 15) is 14.0 Å². The molecule has 0 aromatic heterocycles. The monoisotopic (exact) mass is 317 g/mol. The van der Waals surface area contributed by atoms with Crippen molar-refractivity contribution in [3.63, 3.8) is 0 Å². The Kier molecular flexibility index (Phi) is 4.45. The normalized spacial score (nSPS) is 11.1. The number of carboxylic acid groups (broad SMARTS) is 1. The highest BCUT2D eigenvalue weighted by atomic mass is 79.9. The van der Waals surface area contributed by atoms with E-state index in [0.29, 0.717) is 5.56 Å². The minimum absolute atomic E-state index is 0.0332. The second-order valence-electron chi connectivity index (χ2n) is 4.50. The second kappa shape index (κ2) is 5.48. The Balaban J connectivity index is 2.89. The molecule has 0 aliphatic rings. The number of amides is 1. The van der Waals surface area contributed by atoms with Gasteiger partial charge in [0.1, 0.15) is 5.82 Å². The second-order valence-corrected chi connectivity index (χ2v) is 5.41. The van der Waals surface area contributed by atoms with Crippen molar-refractivity contribution in [2.24, 2.45) is 0 Å². The Hall–Kier alpha value is -1.43. The summed E-state index contributed by atoms with van der Waals surface area (Å²) in [6.07, 6.45) is 0. The van der Waals surface area contributed by atoms with Crippen molar-refractivity contribution in [1.29, 1.82) is 0 Å². The van der Waals surface area contributed by atoms with Gasteiger partial charge >= 0.3 is 11.9 Å². The first-order valence-electron chi connectivity index (χ1n) is 5.20. The van der Waals surface area contributed by atoms with Crippen LogP contribution in [0.1, 0.15) is 19.4 Å². The number of nitrogens with one attached hydrogen (secondary N) is 1. The molecule has 0 saturated heterocycles. The molecule has 4 nitrogen and oxygen atoms in total. The Labute approximate surface area is 112 Å². The van der Waals surface area contributed by atoms with Crippen molar-refractivity contribution in [3.8, 4) is 0 Å². The summed E-state index contributed by atoms with van der Waals surface area (Å²) in [6, 6.07) is 4.51. The molecule has 0 fully saturated rings. The lowest BCUT2D eigenvalue weighted by molar-refractivity contribution is -0.150. The summed E-state index contributed by atoms with van der Waals surface area (Å²) in [7, 11) is 0. The van der Waals surface area contributed by atoms with E-state index in [1.54, 1.807) is 26.0 Å². The van der Waals surface area contributed by atoms with Gasteiger partial charge in [-0.15, -0.1) is 0 Å². The number of rotatable bonds is 3. The first kappa shape index (κ1) is 14.6. The van der Waals surface area contributed by atoms with Gasteiger partial charge in [-0.3, -0.25) is 4.79 Å². The summed E-state index contributed by atoms with van der Waals surface area (Å²) in [5.74, 6) is -3.05. The van der Waals surface area contributed by atoms with Crippen molar-refractivity contribution in [3.05, 3.63) is 34.1 Å². The quantitative estimate of drug-likeness (QED) is 0.839. The van der Waals surface area contributed by atoms with Gasteiger partial charge in [0.25, 0.3) is 0 Å². The molecule has 0 heterocycles. The molecule has 98 valence electrons. The van der Waals surface area contributed by atoms with Crippen LogP contribution in [0, 0.1) is 5.82 Å². The van der Waals surface area contributed by atoms with E-state index in [-0.39, 0.29) is 6.54 Å². The highest BCUT2D eigenvalue weighted by Crippen LogP contribution is 2.27. The van der Waals surface area contributed by atoms with Crippen LogP contribution in [-0.2, 0) is 15.0 Å². The molecule has 1 aromatic carbocycles. The SMILES string of the molecule is CC(C)(CNC(=O)C(=O)O)c1cc(Br)ccc1F. The molecule has 0 atom stereocenters. The van der Waals surface area contributed by atoms with Gasteiger partial charge in [0.15, 0.2) is 0 Å². The fourth-order valence-electron chi connectivity index (χ4n) is 1.49.